The van der Waals surface area contributed by atoms with Gasteiger partial charge >= 0.3 is 0 Å². The Bertz CT molecular complexity index is 633. The average molecular weight is 297 g/mol. The summed E-state index contributed by atoms with van der Waals surface area (Å²) in [5.74, 6) is -0.311. The summed E-state index contributed by atoms with van der Waals surface area (Å²) in [4.78, 5) is 36.6. The first-order valence-corrected chi connectivity index (χ1v) is 6.67. The molecule has 116 valence electrons. The maximum Gasteiger partial charge on any atom is 0.265 e. The van der Waals surface area contributed by atoms with Crippen LogP contribution in [-0.2, 0) is 16.1 Å². The Morgan fingerprint density at radius 3 is 2.86 bits per heavy atom. The molecule has 0 spiro atoms. The first-order chi connectivity index (χ1) is 9.80. The molecule has 2 rings (SSSR count). The number of ether oxygens (including phenoxy) is 1. The van der Waals surface area contributed by atoms with Gasteiger partial charge in [0.25, 0.3) is 11.1 Å². The fraction of sp³-hybridized carbons (Fsp3) is 0.615. The van der Waals surface area contributed by atoms with Crippen LogP contribution in [0.25, 0.3) is 0 Å². The third kappa shape index (κ3) is 3.79. The van der Waals surface area contributed by atoms with Crippen molar-refractivity contribution in [3.05, 3.63) is 32.8 Å². The number of aliphatic hydroxyl groups excluding tert-OH is 1. The van der Waals surface area contributed by atoms with Gasteiger partial charge in [-0.3, -0.25) is 19.5 Å². The number of aliphatic hydroxyl groups is 1. The summed E-state index contributed by atoms with van der Waals surface area (Å²) in [5.41, 5.74) is -1.47. The minimum Gasteiger partial charge on any atom is -0.394 e. The van der Waals surface area contributed by atoms with E-state index in [-0.39, 0.29) is 25.6 Å². The number of nitrogens with one attached hydrogen (secondary N) is 1. The van der Waals surface area contributed by atoms with E-state index in [1.54, 1.807) is 0 Å². The summed E-state index contributed by atoms with van der Waals surface area (Å²) < 4.78 is 6.60. The lowest BCUT2D eigenvalue weighted by Crippen LogP contribution is -2.56. The summed E-state index contributed by atoms with van der Waals surface area (Å²) in [7, 11) is 0. The minimum atomic E-state index is -0.573. The van der Waals surface area contributed by atoms with Gasteiger partial charge in [0.1, 0.15) is 6.54 Å². The molecule has 1 aromatic heterocycles. The lowest BCUT2D eigenvalue weighted by molar-refractivity contribution is -0.167. The number of aromatic nitrogens is 2. The standard InChI is InChI=1S/C13H19N3O5/c1-13(2)8-15(5-9(7-17)21-13)12(20)6-16-11(19)4-3-10(18)14-16/h3-4,9,17H,5-8H2,1-2H3,(H,14,18). The Labute approximate surface area is 120 Å². The lowest BCUT2D eigenvalue weighted by Gasteiger charge is -2.42. The van der Waals surface area contributed by atoms with Crippen molar-refractivity contribution in [2.24, 2.45) is 0 Å². The molecule has 2 N–H and O–H groups in total. The van der Waals surface area contributed by atoms with Crippen molar-refractivity contribution in [2.75, 3.05) is 19.7 Å². The number of carbonyl (C=O) groups excluding carboxylic acids is 1. The van der Waals surface area contributed by atoms with Crippen molar-refractivity contribution in [1.29, 1.82) is 0 Å². The van der Waals surface area contributed by atoms with Crippen LogP contribution in [0.3, 0.4) is 0 Å². The zero-order chi connectivity index (χ0) is 15.6. The molecule has 2 heterocycles. The number of nitrogens with zero attached hydrogens (tertiary/aromatic N) is 2. The van der Waals surface area contributed by atoms with Crippen LogP contribution in [0.15, 0.2) is 21.7 Å². The van der Waals surface area contributed by atoms with Crippen LogP contribution in [0.1, 0.15) is 13.8 Å². The highest BCUT2D eigenvalue weighted by Crippen LogP contribution is 2.20. The van der Waals surface area contributed by atoms with Crippen LogP contribution >= 0.6 is 0 Å². The van der Waals surface area contributed by atoms with E-state index in [9.17, 15) is 19.5 Å². The van der Waals surface area contributed by atoms with E-state index in [1.165, 1.54) is 4.90 Å². The number of amides is 1. The van der Waals surface area contributed by atoms with Crippen LogP contribution < -0.4 is 11.1 Å². The van der Waals surface area contributed by atoms with Gasteiger partial charge < -0.3 is 14.7 Å². The van der Waals surface area contributed by atoms with Crippen molar-refractivity contribution >= 4 is 5.91 Å². The van der Waals surface area contributed by atoms with Gasteiger partial charge in [0.2, 0.25) is 5.91 Å². The number of hydrogen-bond acceptors (Lipinski definition) is 5. The molecule has 0 saturated carbocycles. The number of morpholine rings is 1. The van der Waals surface area contributed by atoms with Crippen LogP contribution in [-0.4, -0.2) is 57.1 Å². The summed E-state index contributed by atoms with van der Waals surface area (Å²) in [5, 5.41) is 11.5. The first kappa shape index (κ1) is 15.5. The zero-order valence-electron chi connectivity index (χ0n) is 12.0. The van der Waals surface area contributed by atoms with E-state index in [0.717, 1.165) is 16.8 Å². The molecule has 0 aliphatic carbocycles. The van der Waals surface area contributed by atoms with Gasteiger partial charge in [-0.25, -0.2) is 4.68 Å². The third-order valence-electron chi connectivity index (χ3n) is 3.22. The van der Waals surface area contributed by atoms with Gasteiger partial charge in [-0.05, 0) is 13.8 Å². The second kappa shape index (κ2) is 5.82. The van der Waals surface area contributed by atoms with Crippen LogP contribution in [0.5, 0.6) is 0 Å². The quantitative estimate of drug-likeness (QED) is 0.709. The van der Waals surface area contributed by atoms with Crippen molar-refractivity contribution < 1.29 is 14.6 Å². The normalized spacial score (nSPS) is 21.3. The molecule has 1 fully saturated rings. The molecule has 1 aliphatic rings. The Kier molecular flexibility index (Phi) is 4.29. The molecule has 1 aromatic rings. The van der Waals surface area contributed by atoms with Crippen LogP contribution in [0.2, 0.25) is 0 Å². The average Bonchev–Trinajstić information content (AvgIpc) is 2.41. The van der Waals surface area contributed by atoms with Gasteiger partial charge in [-0.1, -0.05) is 0 Å². The largest absolute Gasteiger partial charge is 0.394 e. The van der Waals surface area contributed by atoms with Crippen molar-refractivity contribution in [1.82, 2.24) is 14.7 Å². The van der Waals surface area contributed by atoms with Gasteiger partial charge in [-0.2, -0.15) is 0 Å². The number of rotatable bonds is 3. The predicted octanol–water partition coefficient (Wildman–Crippen LogP) is -1.47. The van der Waals surface area contributed by atoms with E-state index in [1.807, 2.05) is 13.8 Å². The molecular weight excluding hydrogens is 278 g/mol. The molecule has 1 saturated heterocycles. The number of H-pyrrole nitrogens is 1. The summed E-state index contributed by atoms with van der Waals surface area (Å²) in [6.45, 7) is 3.83. The molecule has 8 heteroatoms. The SMILES string of the molecule is CC1(C)CN(C(=O)Cn2[nH]c(=O)ccc2=O)CC(CO)O1. The molecule has 1 unspecified atom stereocenters. The zero-order valence-corrected chi connectivity index (χ0v) is 12.0. The molecule has 0 bridgehead atoms. The fourth-order valence-electron chi connectivity index (χ4n) is 2.40. The molecule has 1 amide bonds. The second-order valence-corrected chi connectivity index (χ2v) is 5.69. The maximum atomic E-state index is 12.3. The Morgan fingerprint density at radius 2 is 2.19 bits per heavy atom. The van der Waals surface area contributed by atoms with Gasteiger partial charge in [0.15, 0.2) is 0 Å². The molecular formula is C13H19N3O5. The molecule has 0 radical (unpaired) electrons. The molecule has 8 nitrogen and oxygen atoms in total. The number of aromatic amines is 1. The number of carbonyl (C=O) groups is 1. The monoisotopic (exact) mass is 297 g/mol. The topological polar surface area (TPSA) is 105 Å². The Balaban J connectivity index is 2.14. The van der Waals surface area contributed by atoms with E-state index < -0.39 is 22.8 Å². The second-order valence-electron chi connectivity index (χ2n) is 5.69. The molecule has 1 atom stereocenters. The smallest absolute Gasteiger partial charge is 0.265 e. The highest BCUT2D eigenvalue weighted by atomic mass is 16.5. The summed E-state index contributed by atoms with van der Waals surface area (Å²) in [6.07, 6.45) is -0.454. The van der Waals surface area contributed by atoms with Gasteiger partial charge in [0, 0.05) is 25.2 Å². The highest BCUT2D eigenvalue weighted by molar-refractivity contribution is 5.76. The van der Waals surface area contributed by atoms with Crippen LogP contribution in [0.4, 0.5) is 0 Å². The van der Waals surface area contributed by atoms with Crippen molar-refractivity contribution in [3.63, 3.8) is 0 Å². The lowest BCUT2D eigenvalue weighted by atomic mass is 10.1. The summed E-state index contributed by atoms with van der Waals surface area (Å²) >= 11 is 0. The molecule has 21 heavy (non-hydrogen) atoms. The Morgan fingerprint density at radius 1 is 1.48 bits per heavy atom. The van der Waals surface area contributed by atoms with Crippen molar-refractivity contribution in [2.45, 2.75) is 32.1 Å². The maximum absolute atomic E-state index is 12.3. The van der Waals surface area contributed by atoms with Crippen molar-refractivity contribution in [3.8, 4) is 0 Å². The summed E-state index contributed by atoms with van der Waals surface area (Å²) in [6, 6.07) is 2.23. The van der Waals surface area contributed by atoms with E-state index in [2.05, 4.69) is 5.10 Å². The first-order valence-electron chi connectivity index (χ1n) is 6.67. The Hall–Kier alpha value is -1.93. The minimum absolute atomic E-state index is 0.185. The van der Waals surface area contributed by atoms with Gasteiger partial charge in [-0.15, -0.1) is 0 Å². The van der Waals surface area contributed by atoms with Gasteiger partial charge in [0.05, 0.1) is 18.3 Å². The molecule has 1 aliphatic heterocycles. The third-order valence-corrected chi connectivity index (χ3v) is 3.22. The van der Waals surface area contributed by atoms with E-state index in [0.29, 0.717) is 6.54 Å². The van der Waals surface area contributed by atoms with Crippen LogP contribution in [0, 0.1) is 0 Å². The highest BCUT2D eigenvalue weighted by Gasteiger charge is 2.35. The number of hydrogen-bond donors (Lipinski definition) is 2. The predicted molar refractivity (Wildman–Crippen MR) is 73.9 cm³/mol. The van der Waals surface area contributed by atoms with E-state index >= 15 is 0 Å². The fourth-order valence-corrected chi connectivity index (χ4v) is 2.40. The molecule has 0 aromatic carbocycles. The van der Waals surface area contributed by atoms with E-state index in [4.69, 9.17) is 4.74 Å².